The van der Waals surface area contributed by atoms with Crippen molar-refractivity contribution < 1.29 is 105 Å². The third kappa shape index (κ3) is 11.9. The van der Waals surface area contributed by atoms with Crippen LogP contribution in [0.4, 0.5) is 51.2 Å². The number of nitrogens with zero attached hydrogens (tertiary/aromatic N) is 5. The number of azo groups is 1. The molecule has 0 radical (unpaired) electrons. The van der Waals surface area contributed by atoms with Gasteiger partial charge in [0.05, 0.1) is 43.8 Å². The summed E-state index contributed by atoms with van der Waals surface area (Å²) in [4.78, 5) is 33.8. The number of nitrogens with two attached hydrogens (primary N) is 1. The van der Waals surface area contributed by atoms with E-state index >= 15 is 0 Å². The van der Waals surface area contributed by atoms with Gasteiger partial charge in [0.1, 0.15) is 31.3 Å². The van der Waals surface area contributed by atoms with Gasteiger partial charge in [-0.1, -0.05) is 18.2 Å². The van der Waals surface area contributed by atoms with Gasteiger partial charge < -0.3 is 20.9 Å². The zero-order valence-electron chi connectivity index (χ0n) is 34.0. The molecule has 0 fully saturated rings. The number of nitro benzene ring substituents is 1. The van der Waals surface area contributed by atoms with Gasteiger partial charge in [-0.05, 0) is 96.6 Å². The molecule has 5 aromatic rings. The third-order valence-corrected chi connectivity index (χ3v) is 11.8. The van der Waals surface area contributed by atoms with Crippen LogP contribution in [-0.2, 0) is 35.1 Å². The Hall–Kier alpha value is -6.63. The maximum absolute atomic E-state index is 13.9. The number of hydrazone groups is 2. The van der Waals surface area contributed by atoms with E-state index in [1.54, 1.807) is 18.2 Å². The minimum atomic E-state index is -5.47. The summed E-state index contributed by atoms with van der Waals surface area (Å²) in [5.74, 6) is -1.71. The molecule has 2 aliphatic carbocycles. The van der Waals surface area contributed by atoms with Crippen LogP contribution in [0.2, 0.25) is 0 Å². The molecular formula is C40H29KN10O13S3. The minimum absolute atomic E-state index is 0. The zero-order valence-corrected chi connectivity index (χ0v) is 39.6. The number of carbonyl (C=O) groups excluding carboxylic acids is 2. The van der Waals surface area contributed by atoms with E-state index in [0.717, 1.165) is 36.0 Å². The maximum atomic E-state index is 13.9. The van der Waals surface area contributed by atoms with E-state index in [-0.39, 0.29) is 85.6 Å². The fourth-order valence-corrected chi connectivity index (χ4v) is 8.14. The molecule has 0 amide bonds. The van der Waals surface area contributed by atoms with Crippen LogP contribution in [0.25, 0.3) is 6.08 Å². The molecule has 67 heavy (non-hydrogen) atoms. The van der Waals surface area contributed by atoms with Crippen molar-refractivity contribution in [3.8, 4) is 0 Å². The Morgan fingerprint density at radius 3 is 1.91 bits per heavy atom. The monoisotopic (exact) mass is 992 g/mol. The molecule has 0 saturated heterocycles. The molecule has 0 saturated carbocycles. The van der Waals surface area contributed by atoms with Gasteiger partial charge in [-0.3, -0.25) is 39.7 Å². The molecule has 0 aliphatic heterocycles. The van der Waals surface area contributed by atoms with E-state index in [1.165, 1.54) is 36.4 Å². The Bertz CT molecular complexity index is 3400. The topological polar surface area (TPSA) is 367 Å². The largest absolute Gasteiger partial charge is 1.00 e. The van der Waals surface area contributed by atoms with Crippen molar-refractivity contribution in [2.24, 2.45) is 20.4 Å². The summed E-state index contributed by atoms with van der Waals surface area (Å²) >= 11 is 0. The fraction of sp³-hybridized carbons (Fsp3) is 0. The predicted octanol–water partition coefficient (Wildman–Crippen LogP) is 3.29. The number of ketones is 2. The van der Waals surface area contributed by atoms with E-state index in [4.69, 9.17) is 5.73 Å². The number of hydrogen-bond donors (Lipinski definition) is 7. The number of nitrogens with one attached hydrogen (secondary N) is 4. The number of nitro groups is 1. The second-order valence-corrected chi connectivity index (χ2v) is 17.8. The molecule has 23 nitrogen and oxygen atoms in total. The van der Waals surface area contributed by atoms with Crippen molar-refractivity contribution >= 4 is 111 Å². The molecule has 0 aromatic heterocycles. The summed E-state index contributed by atoms with van der Waals surface area (Å²) in [7, 11) is -15.8. The first kappa shape index (κ1) is 49.8. The van der Waals surface area contributed by atoms with Gasteiger partial charge in [0.15, 0.2) is 5.71 Å². The molecule has 0 bridgehead atoms. The number of hydrogen-bond acceptors (Lipinski definition) is 20. The van der Waals surface area contributed by atoms with Crippen molar-refractivity contribution in [2.75, 3.05) is 27.2 Å². The van der Waals surface area contributed by atoms with Gasteiger partial charge in [0.25, 0.3) is 25.9 Å². The number of Topliss-reactive ketones (excluding diaryl/α,β-unsaturated/α-hetero) is 1. The van der Waals surface area contributed by atoms with Crippen LogP contribution in [0.1, 0.15) is 15.9 Å². The van der Waals surface area contributed by atoms with Gasteiger partial charge in [-0.25, -0.2) is 8.42 Å². The van der Waals surface area contributed by atoms with Crippen molar-refractivity contribution in [1.82, 2.24) is 0 Å². The van der Waals surface area contributed by atoms with Crippen LogP contribution in [0.5, 0.6) is 0 Å². The van der Waals surface area contributed by atoms with Gasteiger partial charge in [-0.2, -0.15) is 32.2 Å². The number of rotatable bonds is 14. The molecule has 0 spiro atoms. The average Bonchev–Trinajstić information content (AvgIpc) is 3.25. The summed E-state index contributed by atoms with van der Waals surface area (Å²) < 4.78 is 107. The first-order chi connectivity index (χ1) is 31.2. The molecule has 0 unspecified atom stereocenters. The molecule has 2 aliphatic rings. The van der Waals surface area contributed by atoms with Crippen LogP contribution in [0.3, 0.4) is 0 Å². The summed E-state index contributed by atoms with van der Waals surface area (Å²) in [5.41, 5.74) is 8.77. The summed E-state index contributed by atoms with van der Waals surface area (Å²) in [6.45, 7) is 0. The van der Waals surface area contributed by atoms with Crippen molar-refractivity contribution in [3.63, 3.8) is 0 Å². The molecular weight excluding hydrogens is 964 g/mol. The standard InChI is InChI=1S/C40H30N10O13S3.K/c41-37-36-22(18-34(65(58,59)60)38(37)48-45-26-10-14-29(15-11-26)50(53)54)19-35(66(61,62)63)39(40(36)52)49-46-28-13-17-31(33(21-28)64(55,56)57)43-24-6-8-25(9-7-24)44-47-30-16-12-27(20-32(30)51)42-23-4-2-1-3-5-23;/h1-21,42-44,46H,41H2,(H,55,56,57)(H,58,59,60)(H,61,62,63);/q;+1/p-1/b47-30+,48-45?,49-39+;. The Labute approximate surface area is 422 Å². The van der Waals surface area contributed by atoms with Crippen LogP contribution in [-0.4, -0.2) is 66.8 Å². The number of nitrogen functional groups attached to an aromatic ring is 1. The number of allylic oxidation sites excluding steroid dienone is 4. The quantitative estimate of drug-likeness (QED) is 0.0160. The first-order valence-electron chi connectivity index (χ1n) is 18.4. The van der Waals surface area contributed by atoms with Crippen molar-refractivity contribution in [1.29, 1.82) is 0 Å². The SMILES string of the molecule is Nc1c(N=Nc2ccc([N+](=O)[O-])cc2)c(S(=O)(=O)[O-])cc2c1C(=O)/C(=N/Nc1ccc(Nc3ccc(N/N=C4\C=CC(Nc5ccccc5)=CC4=O)cc3)c(S(=O)(=O)O)c1)C(S(=O)(=O)O)=C2.[K+]. The number of non-ortho nitro benzene ring substituents is 1. The number of carbonyl (C=O) groups is 2. The fourth-order valence-electron chi connectivity index (χ4n) is 6.15. The molecule has 0 heterocycles. The van der Waals surface area contributed by atoms with Gasteiger partial charge in [0, 0.05) is 35.3 Å². The van der Waals surface area contributed by atoms with E-state index < -0.39 is 84.0 Å². The first-order valence-corrected chi connectivity index (χ1v) is 22.7. The van der Waals surface area contributed by atoms with E-state index in [0.29, 0.717) is 29.2 Å². The maximum Gasteiger partial charge on any atom is 1.00 e. The Kier molecular flexibility index (Phi) is 14.9. The van der Waals surface area contributed by atoms with Gasteiger partial charge >= 0.3 is 51.4 Å². The van der Waals surface area contributed by atoms with Crippen LogP contribution in [0, 0.1) is 10.1 Å². The third-order valence-electron chi connectivity index (χ3n) is 9.22. The zero-order chi connectivity index (χ0) is 47.6. The van der Waals surface area contributed by atoms with Crippen LogP contribution < -0.4 is 78.6 Å². The van der Waals surface area contributed by atoms with Crippen molar-refractivity contribution in [2.45, 2.75) is 9.79 Å². The number of anilines is 6. The smallest absolute Gasteiger partial charge is 0.744 e. The van der Waals surface area contributed by atoms with Gasteiger partial charge in [0.2, 0.25) is 11.6 Å². The predicted molar refractivity (Wildman–Crippen MR) is 240 cm³/mol. The summed E-state index contributed by atoms with van der Waals surface area (Å²) in [5, 5.41) is 32.3. The van der Waals surface area contributed by atoms with E-state index in [2.05, 4.69) is 41.9 Å². The number of benzene rings is 5. The average molecular weight is 993 g/mol. The molecule has 0 atom stereocenters. The van der Waals surface area contributed by atoms with E-state index in [1.807, 2.05) is 30.3 Å². The summed E-state index contributed by atoms with van der Waals surface area (Å²) in [6, 6.07) is 23.6. The van der Waals surface area contributed by atoms with Crippen molar-refractivity contribution in [3.05, 3.63) is 153 Å². The Morgan fingerprint density at radius 1 is 0.672 bits per heavy atom. The summed E-state index contributed by atoms with van der Waals surface area (Å²) in [6.07, 6.45) is 5.21. The Morgan fingerprint density at radius 2 is 1.30 bits per heavy atom. The second kappa shape index (κ2) is 20.1. The van der Waals surface area contributed by atoms with Gasteiger partial charge in [-0.15, -0.1) is 5.11 Å². The van der Waals surface area contributed by atoms with Crippen LogP contribution in [0.15, 0.2) is 162 Å². The molecule has 336 valence electrons. The molecule has 7 rings (SSSR count). The second-order valence-electron chi connectivity index (χ2n) is 13.7. The normalized spacial score (nSPS) is 15.1. The Balaban J connectivity index is 0.00000741. The number of para-hydroxylation sites is 1. The van der Waals surface area contributed by atoms with Crippen LogP contribution >= 0.6 is 0 Å². The molecule has 8 N–H and O–H groups in total. The minimum Gasteiger partial charge on any atom is -0.744 e. The number of fused-ring (bicyclic) bond motifs is 1. The van der Waals surface area contributed by atoms with E-state index in [9.17, 15) is 58.6 Å². The molecule has 5 aromatic carbocycles. The molecule has 27 heteroatoms.